The smallest absolute Gasteiger partial charge is 0.212 e. The number of ether oxygens (including phenoxy) is 1. The largest absolute Gasteiger partial charge is 0.481 e. The first-order chi connectivity index (χ1) is 10.8. The average molecular weight is 314 g/mol. The van der Waals surface area contributed by atoms with Gasteiger partial charge in [0.2, 0.25) is 5.88 Å². The molecule has 0 radical (unpaired) electrons. The SMILES string of the molecule is C1NCC2CC12.COc1ccc(-c2ccc(SC)cc2)cn1. The van der Waals surface area contributed by atoms with E-state index in [0.29, 0.717) is 5.88 Å². The van der Waals surface area contributed by atoms with Crippen molar-refractivity contribution in [3.63, 3.8) is 0 Å². The Labute approximate surface area is 136 Å². The molecule has 0 spiro atoms. The Balaban J connectivity index is 0.000000196. The third-order valence-corrected chi connectivity index (χ3v) is 4.99. The summed E-state index contributed by atoms with van der Waals surface area (Å²) < 4.78 is 5.03. The molecule has 2 fully saturated rings. The molecular formula is C18H22N2OS. The van der Waals surface area contributed by atoms with Gasteiger partial charge < -0.3 is 10.1 Å². The number of piperidine rings is 1. The molecule has 1 N–H and O–H groups in total. The minimum atomic E-state index is 0.643. The zero-order valence-electron chi connectivity index (χ0n) is 13.1. The highest BCUT2D eigenvalue weighted by atomic mass is 32.2. The molecule has 1 aromatic heterocycles. The maximum atomic E-state index is 5.03. The van der Waals surface area contributed by atoms with E-state index in [-0.39, 0.29) is 0 Å². The first kappa shape index (κ1) is 15.4. The fraction of sp³-hybridized carbons (Fsp3) is 0.389. The van der Waals surface area contributed by atoms with Crippen molar-refractivity contribution in [1.29, 1.82) is 0 Å². The van der Waals surface area contributed by atoms with Crippen molar-refractivity contribution in [3.8, 4) is 17.0 Å². The van der Waals surface area contributed by atoms with E-state index in [1.165, 1.54) is 30.0 Å². The summed E-state index contributed by atoms with van der Waals surface area (Å²) in [5, 5.41) is 3.32. The van der Waals surface area contributed by atoms with Crippen LogP contribution in [-0.2, 0) is 0 Å². The molecule has 2 unspecified atom stereocenters. The predicted molar refractivity (Wildman–Crippen MR) is 92.5 cm³/mol. The van der Waals surface area contributed by atoms with Crippen molar-refractivity contribution in [2.75, 3.05) is 26.5 Å². The summed E-state index contributed by atoms with van der Waals surface area (Å²) in [5.41, 5.74) is 2.28. The van der Waals surface area contributed by atoms with Gasteiger partial charge in [-0.1, -0.05) is 12.1 Å². The number of nitrogens with zero attached hydrogens (tertiary/aromatic N) is 1. The lowest BCUT2D eigenvalue weighted by molar-refractivity contribution is 0.398. The predicted octanol–water partition coefficient (Wildman–Crippen LogP) is 3.70. The summed E-state index contributed by atoms with van der Waals surface area (Å²) in [5.74, 6) is 2.85. The van der Waals surface area contributed by atoms with Crippen molar-refractivity contribution in [2.24, 2.45) is 11.8 Å². The maximum Gasteiger partial charge on any atom is 0.212 e. The number of nitrogens with one attached hydrogen (secondary N) is 1. The van der Waals surface area contributed by atoms with Gasteiger partial charge in [0.25, 0.3) is 0 Å². The van der Waals surface area contributed by atoms with Crippen LogP contribution in [0.5, 0.6) is 5.88 Å². The number of benzene rings is 1. The molecule has 22 heavy (non-hydrogen) atoms. The lowest BCUT2D eigenvalue weighted by atomic mass is 10.1. The second kappa shape index (κ2) is 7.16. The quantitative estimate of drug-likeness (QED) is 0.876. The summed E-state index contributed by atoms with van der Waals surface area (Å²) in [6.45, 7) is 2.62. The number of thioether (sulfide) groups is 1. The van der Waals surface area contributed by atoms with Gasteiger partial charge in [0, 0.05) is 22.7 Å². The molecule has 2 aliphatic rings. The van der Waals surface area contributed by atoms with Crippen LogP contribution >= 0.6 is 11.8 Å². The molecule has 2 aromatic rings. The summed E-state index contributed by atoms with van der Waals surface area (Å²) in [7, 11) is 1.62. The second-order valence-corrected chi connectivity index (χ2v) is 6.61. The molecule has 1 aliphatic carbocycles. The number of rotatable bonds is 3. The minimum absolute atomic E-state index is 0.643. The number of hydrogen-bond acceptors (Lipinski definition) is 4. The van der Waals surface area contributed by atoms with Gasteiger partial charge in [-0.05, 0) is 61.4 Å². The molecule has 116 valence electrons. The van der Waals surface area contributed by atoms with Gasteiger partial charge in [0.15, 0.2) is 0 Å². The minimum Gasteiger partial charge on any atom is -0.481 e. The van der Waals surface area contributed by atoms with E-state index in [1.54, 1.807) is 18.9 Å². The Morgan fingerprint density at radius 3 is 2.14 bits per heavy atom. The third kappa shape index (κ3) is 3.81. The Morgan fingerprint density at radius 1 is 1.05 bits per heavy atom. The van der Waals surface area contributed by atoms with Crippen molar-refractivity contribution in [2.45, 2.75) is 11.3 Å². The van der Waals surface area contributed by atoms with E-state index in [9.17, 15) is 0 Å². The lowest BCUT2D eigenvalue weighted by Crippen LogP contribution is -2.10. The molecule has 1 saturated heterocycles. The first-order valence-electron chi connectivity index (χ1n) is 7.65. The molecule has 2 atom stereocenters. The van der Waals surface area contributed by atoms with E-state index < -0.39 is 0 Å². The fourth-order valence-corrected chi connectivity index (χ4v) is 3.13. The topological polar surface area (TPSA) is 34.1 Å². The van der Waals surface area contributed by atoms with Crippen LogP contribution in [-0.4, -0.2) is 31.4 Å². The highest BCUT2D eigenvalue weighted by molar-refractivity contribution is 7.98. The molecule has 0 bridgehead atoms. The number of pyridine rings is 1. The Kier molecular flexibility index (Phi) is 5.01. The molecule has 3 nitrogen and oxygen atoms in total. The molecule has 2 heterocycles. The lowest BCUT2D eigenvalue weighted by Gasteiger charge is -2.03. The zero-order chi connectivity index (χ0) is 15.4. The van der Waals surface area contributed by atoms with Gasteiger partial charge in [-0.3, -0.25) is 0 Å². The Hall–Kier alpha value is -1.52. The van der Waals surface area contributed by atoms with Gasteiger partial charge in [0.1, 0.15) is 0 Å². The normalized spacial score (nSPS) is 21.5. The molecule has 1 aromatic carbocycles. The number of methoxy groups -OCH3 is 1. The van der Waals surface area contributed by atoms with Crippen LogP contribution in [0.2, 0.25) is 0 Å². The molecule has 0 amide bonds. The summed E-state index contributed by atoms with van der Waals surface area (Å²) in [4.78, 5) is 5.46. The van der Waals surface area contributed by atoms with E-state index in [2.05, 4.69) is 40.8 Å². The maximum absolute atomic E-state index is 5.03. The van der Waals surface area contributed by atoms with Crippen LogP contribution in [0.25, 0.3) is 11.1 Å². The number of hydrogen-bond donors (Lipinski definition) is 1. The standard InChI is InChI=1S/C13H13NOS.C5H9N/c1-15-13-8-5-11(9-14-13)10-3-6-12(16-2)7-4-10;1-4-2-6-3-5(1)4/h3-9H,1-2H3;4-6H,1-3H2. The van der Waals surface area contributed by atoms with Gasteiger partial charge in [0.05, 0.1) is 7.11 Å². The van der Waals surface area contributed by atoms with E-state index in [1.807, 2.05) is 18.3 Å². The van der Waals surface area contributed by atoms with E-state index in [4.69, 9.17) is 4.74 Å². The Bertz CT molecular complexity index is 544. The molecule has 1 saturated carbocycles. The van der Waals surface area contributed by atoms with Gasteiger partial charge in [-0.25, -0.2) is 4.98 Å². The molecule has 1 aliphatic heterocycles. The summed E-state index contributed by atoms with van der Waals surface area (Å²) >= 11 is 1.74. The van der Waals surface area contributed by atoms with Crippen LogP contribution in [0.1, 0.15) is 6.42 Å². The fourth-order valence-electron chi connectivity index (χ4n) is 2.72. The zero-order valence-corrected chi connectivity index (χ0v) is 13.9. The van der Waals surface area contributed by atoms with Gasteiger partial charge >= 0.3 is 0 Å². The number of aromatic nitrogens is 1. The highest BCUT2D eigenvalue weighted by Gasteiger charge is 2.40. The highest BCUT2D eigenvalue weighted by Crippen LogP contribution is 2.40. The van der Waals surface area contributed by atoms with Crippen LogP contribution in [0, 0.1) is 11.8 Å². The van der Waals surface area contributed by atoms with Gasteiger partial charge in [-0.15, -0.1) is 11.8 Å². The average Bonchev–Trinajstić information content (AvgIpc) is 3.21. The van der Waals surface area contributed by atoms with Crippen LogP contribution < -0.4 is 10.1 Å². The Morgan fingerprint density at radius 2 is 1.73 bits per heavy atom. The van der Waals surface area contributed by atoms with E-state index >= 15 is 0 Å². The van der Waals surface area contributed by atoms with Crippen molar-refractivity contribution >= 4 is 11.8 Å². The van der Waals surface area contributed by atoms with Crippen LogP contribution in [0.15, 0.2) is 47.5 Å². The molecular weight excluding hydrogens is 292 g/mol. The molecule has 4 heteroatoms. The van der Waals surface area contributed by atoms with E-state index in [0.717, 1.165) is 17.4 Å². The monoisotopic (exact) mass is 314 g/mol. The second-order valence-electron chi connectivity index (χ2n) is 5.73. The van der Waals surface area contributed by atoms with Gasteiger partial charge in [-0.2, -0.15) is 0 Å². The summed E-state index contributed by atoms with van der Waals surface area (Å²) in [6, 6.07) is 12.3. The summed E-state index contributed by atoms with van der Waals surface area (Å²) in [6.07, 6.45) is 5.42. The molecule has 4 rings (SSSR count). The first-order valence-corrected chi connectivity index (χ1v) is 8.88. The third-order valence-electron chi connectivity index (χ3n) is 4.25. The van der Waals surface area contributed by atoms with Crippen LogP contribution in [0.3, 0.4) is 0 Å². The van der Waals surface area contributed by atoms with Crippen molar-refractivity contribution in [3.05, 3.63) is 42.6 Å². The van der Waals surface area contributed by atoms with Crippen molar-refractivity contribution < 1.29 is 4.74 Å². The van der Waals surface area contributed by atoms with Crippen molar-refractivity contribution in [1.82, 2.24) is 10.3 Å². The van der Waals surface area contributed by atoms with Crippen LogP contribution in [0.4, 0.5) is 0 Å². The number of fused-ring (bicyclic) bond motifs is 1.